The van der Waals surface area contributed by atoms with E-state index < -0.39 is 228 Å². The number of rotatable bonds is 30. The zero-order chi connectivity index (χ0) is 102. The summed E-state index contributed by atoms with van der Waals surface area (Å²) in [5.74, 6) is -8.46. The SMILES string of the molecule is [2H]C([2H])(C)C([2H])([2H])Sc1nc(N[C@@H]2C([2H])([2H])[C@@]2([2H])c2ccc(C)c(F)c2)c2nnn([C@@H]3C[C@H](OC([2H])([2H])C([2H])([2H])O)[C@@H](O)[C@H]3O)c2n1.[2H]C([2H])(CO)O[C@H]1C[C@@H](n2nnc3c(N[C@@H]4C([2H])([2H])[C@@]4([2H])c4ccc(C)c(F)c4)nc(SC([2H])([2H])C([2H])([2H])C)nc32)[C@H](O)[C@@H]1O.[2H]C([2H])(O)CO[C@H]1C[C@@H](n2nnc3c(N[C@@H]4C([2H])([2H])[C@@]4([2H])c4ccc(C)c(F)c4)nc(SC([2H])([2H])C([2H])([2H])C)nc32)[C@H](O)[C@@H]1O. The Morgan fingerprint density at radius 3 is 1.09 bits per heavy atom. The molecule has 3 aromatic carbocycles. The van der Waals surface area contributed by atoms with Crippen LogP contribution in [0.25, 0.3) is 33.5 Å². The second-order valence-electron chi connectivity index (χ2n) is 25.0. The number of anilines is 3. The second kappa shape index (κ2) is 35.1. The first kappa shape index (κ1) is 50.0. The van der Waals surface area contributed by atoms with Gasteiger partial charge in [-0.3, -0.25) is 0 Å². The van der Waals surface area contributed by atoms with Crippen LogP contribution >= 0.6 is 35.3 Å². The van der Waals surface area contributed by atoms with E-state index >= 15 is 0 Å². The predicted molar refractivity (Wildman–Crippen MR) is 398 cm³/mol. The summed E-state index contributed by atoms with van der Waals surface area (Å²) >= 11 is 0.925. The van der Waals surface area contributed by atoms with Gasteiger partial charge in [0, 0.05) is 101 Å². The molecule has 0 unspecified atom stereocenters. The summed E-state index contributed by atoms with van der Waals surface area (Å²) in [5, 5.41) is 124. The third kappa shape index (κ3) is 17.5. The van der Waals surface area contributed by atoms with Gasteiger partial charge >= 0.3 is 0 Å². The Hall–Kier alpha value is -7.14. The molecule has 9 aromatic rings. The van der Waals surface area contributed by atoms with Crippen molar-refractivity contribution in [2.75, 3.05) is 72.5 Å². The zero-order valence-corrected chi connectivity index (χ0v) is 60.2. The number of ether oxygens (including phenoxy) is 3. The van der Waals surface area contributed by atoms with Gasteiger partial charge in [-0.2, -0.15) is 0 Å². The van der Waals surface area contributed by atoms with Crippen molar-refractivity contribution >= 4 is 86.2 Å². The van der Waals surface area contributed by atoms with E-state index in [1.54, 1.807) is 0 Å². The highest BCUT2D eigenvalue weighted by Gasteiger charge is 2.49. The lowest BCUT2D eigenvalue weighted by atomic mass is 10.1. The number of aliphatic hydroxyl groups is 9. The van der Waals surface area contributed by atoms with Crippen LogP contribution in [-0.4, -0.2) is 250 Å². The van der Waals surface area contributed by atoms with Gasteiger partial charge in [0.15, 0.2) is 66.4 Å². The lowest BCUT2D eigenvalue weighted by Crippen LogP contribution is -2.33. The molecule has 6 aliphatic carbocycles. The Kier molecular flexibility index (Phi) is 16.2. The molecule has 6 heterocycles. The van der Waals surface area contributed by atoms with Crippen molar-refractivity contribution in [1.82, 2.24) is 74.9 Å². The predicted octanol–water partition coefficient (Wildman–Crippen LogP) is 6.55. The molecule has 30 nitrogen and oxygen atoms in total. The number of nitrogens with zero attached hydrogens (tertiary/aromatic N) is 15. The highest BCUT2D eigenvalue weighted by atomic mass is 32.2. The van der Waals surface area contributed by atoms with Gasteiger partial charge in [-0.1, -0.05) is 108 Å². The van der Waals surface area contributed by atoms with Crippen LogP contribution in [0.3, 0.4) is 0 Å². The Balaban J connectivity index is 0.000000174. The highest BCUT2D eigenvalue weighted by molar-refractivity contribution is 7.99. The number of aryl methyl sites for hydroxylation is 3. The minimum absolute atomic E-state index is 0.0309. The van der Waals surface area contributed by atoms with Gasteiger partial charge in [0.2, 0.25) is 0 Å². The van der Waals surface area contributed by atoms with Gasteiger partial charge in [-0.05, 0) is 111 Å². The Labute approximate surface area is 674 Å². The zero-order valence-electron chi connectivity index (χ0n) is 86.7. The molecule has 0 amide bonds. The molecule has 582 valence electrons. The van der Waals surface area contributed by atoms with Crippen LogP contribution in [0.15, 0.2) is 70.1 Å². The molecule has 15 rings (SSSR count). The Morgan fingerprint density at radius 2 is 0.796 bits per heavy atom. The monoisotopic (exact) mass is 1580 g/mol. The average Bonchev–Trinajstić information content (AvgIpc) is 1.52. The van der Waals surface area contributed by atoms with Gasteiger partial charge in [0.25, 0.3) is 0 Å². The van der Waals surface area contributed by atoms with E-state index in [9.17, 15) is 59.1 Å². The van der Waals surface area contributed by atoms with E-state index in [1.165, 1.54) is 57.2 Å². The van der Waals surface area contributed by atoms with Crippen molar-refractivity contribution in [2.24, 2.45) is 0 Å². The lowest BCUT2D eigenvalue weighted by Gasteiger charge is -2.17. The molecular formula is C72H93F3N18O12S3. The fraction of sp³-hybridized carbons (Fsp3) is 0.583. The minimum Gasteiger partial charge on any atom is -0.394 e. The van der Waals surface area contributed by atoms with Crippen LogP contribution in [0.1, 0.15) is 187 Å². The summed E-state index contributed by atoms with van der Waals surface area (Å²) in [7, 11) is 0. The standard InChI is InChI=1S/3C24H31FN6O4S/c3*1-3-8-36-24-27-22(26-16-10-14(16)13-5-4-12(2)15(25)9-13)19-23(28-24)31(30-29-19)17-11-18(35-7-6-32)21(34)20(17)33/h3*4-5,9,14,16-18,20-21,32-34H,3,6-8,10-11H2,1-2H3,(H,26,27,28)/t3*14-,16+,17+,18-,20-,21+/m000/s1/i3D2,6D2,7D2,8D2,10D2,14D;3D2,7D2,8D2,10D2,14D;3D2,6D2,8D2,10D2,14D. The number of nitrogens with one attached hydrogen (secondary N) is 3. The van der Waals surface area contributed by atoms with Crippen molar-refractivity contribution in [2.45, 2.75) is 223 Å². The fourth-order valence-electron chi connectivity index (χ4n) is 12.4. The molecule has 6 fully saturated rings. The number of benzene rings is 3. The van der Waals surface area contributed by atoms with Crippen LogP contribution in [0.2, 0.25) is 0 Å². The normalized spacial score (nSPS) is 36.4. The maximum absolute atomic E-state index is 14.4. The van der Waals surface area contributed by atoms with Crippen molar-refractivity contribution < 1.29 is 113 Å². The van der Waals surface area contributed by atoms with Crippen molar-refractivity contribution in [3.63, 3.8) is 0 Å². The molecular weight excluding hydrogens is 1460 g/mol. The third-order valence-electron chi connectivity index (χ3n) is 18.1. The van der Waals surface area contributed by atoms with Gasteiger partial charge in [-0.15, -0.1) is 15.3 Å². The molecule has 6 saturated carbocycles. The van der Waals surface area contributed by atoms with Crippen LogP contribution in [0.5, 0.6) is 0 Å². The topological polar surface area (TPSA) is 415 Å². The minimum atomic E-state index is -3.47. The van der Waals surface area contributed by atoms with Crippen LogP contribution in [0.4, 0.5) is 30.6 Å². The van der Waals surface area contributed by atoms with E-state index in [-0.39, 0.29) is 108 Å². The third-order valence-corrected chi connectivity index (χ3v) is 20.1. The molecule has 18 atom stereocenters. The number of aromatic nitrogens is 15. The summed E-state index contributed by atoms with van der Waals surface area (Å²) in [6, 6.07) is 4.43. The van der Waals surface area contributed by atoms with Crippen LogP contribution < -0.4 is 16.0 Å². The molecule has 6 aliphatic rings. The maximum Gasteiger partial charge on any atom is 0.191 e. The maximum atomic E-state index is 14.4. The van der Waals surface area contributed by atoms with Gasteiger partial charge in [0.05, 0.1) is 86.9 Å². The average molecular weight is 1590 g/mol. The molecule has 0 radical (unpaired) electrons. The quantitative estimate of drug-likeness (QED) is 0.0168. The Morgan fingerprint density at radius 1 is 0.472 bits per heavy atom. The first-order valence-corrected chi connectivity index (χ1v) is 35.7. The highest BCUT2D eigenvalue weighted by Crippen LogP contribution is 2.48. The molecule has 0 spiro atoms. The van der Waals surface area contributed by atoms with E-state index in [0.29, 0.717) is 40.2 Å². The smallest absolute Gasteiger partial charge is 0.191 e. The lowest BCUT2D eigenvalue weighted by molar-refractivity contribution is -0.0629. The fourth-order valence-corrected chi connectivity index (χ4v) is 13.7. The number of hydrogen-bond donors (Lipinski definition) is 12. The molecule has 0 saturated heterocycles. The summed E-state index contributed by atoms with van der Waals surface area (Å²) < 4.78 is 296. The first-order valence-electron chi connectivity index (χ1n) is 47.7. The number of halogens is 3. The summed E-state index contributed by atoms with van der Waals surface area (Å²) in [4.78, 5) is 25.6. The van der Waals surface area contributed by atoms with Gasteiger partial charge in [0.1, 0.15) is 54.1 Å². The molecule has 6 aromatic heterocycles. The van der Waals surface area contributed by atoms with E-state index in [2.05, 4.69) is 76.8 Å². The van der Waals surface area contributed by atoms with E-state index in [0.717, 1.165) is 53.0 Å². The van der Waals surface area contributed by atoms with Crippen molar-refractivity contribution in [3.05, 3.63) is 105 Å². The summed E-state index contributed by atoms with van der Waals surface area (Å²) in [5.41, 5.74) is -7.48. The molecule has 0 aliphatic heterocycles. The van der Waals surface area contributed by atoms with E-state index in [1.807, 2.05) is 0 Å². The first-order chi connectivity index (χ1) is 62.6. The van der Waals surface area contributed by atoms with Gasteiger partial charge < -0.3 is 76.1 Å². The van der Waals surface area contributed by atoms with E-state index in [4.69, 9.17) is 54.0 Å². The Bertz CT molecular complexity index is 6040. The number of aliphatic hydroxyl groups excluding tert-OH is 7. The van der Waals surface area contributed by atoms with Gasteiger partial charge in [-0.25, -0.2) is 57.1 Å². The molecule has 36 heteroatoms. The second-order valence-corrected chi connectivity index (χ2v) is 27.4. The number of thioether (sulfide) groups is 3. The molecule has 0 bridgehead atoms. The van der Waals surface area contributed by atoms with Crippen LogP contribution in [0, 0.1) is 38.2 Å². The van der Waals surface area contributed by atoms with Crippen molar-refractivity contribution in [1.29, 1.82) is 0 Å². The van der Waals surface area contributed by atoms with Crippen LogP contribution in [-0.2, 0) is 14.2 Å². The number of fused-ring (bicyclic) bond motifs is 3. The van der Waals surface area contributed by atoms with Crippen molar-refractivity contribution in [3.8, 4) is 0 Å². The largest absolute Gasteiger partial charge is 0.394 e. The molecule has 12 N–H and O–H groups in total. The summed E-state index contributed by atoms with van der Waals surface area (Å²) in [6.07, 6.45) is -28.4. The molecule has 108 heavy (non-hydrogen) atoms. The number of hydrogen-bond acceptors (Lipinski definition) is 30. The summed E-state index contributed by atoms with van der Waals surface area (Å²) in [6.45, 7) is -6.15.